The van der Waals surface area contributed by atoms with Crippen LogP contribution in [0.1, 0.15) is 0 Å². The highest BCUT2D eigenvalue weighted by Gasteiger charge is 2.18. The van der Waals surface area contributed by atoms with Gasteiger partial charge in [0.05, 0.1) is 18.1 Å². The number of halogens is 1. The van der Waals surface area contributed by atoms with E-state index in [1.54, 1.807) is 19.2 Å². The lowest BCUT2D eigenvalue weighted by Gasteiger charge is -2.11. The van der Waals surface area contributed by atoms with Crippen molar-refractivity contribution in [2.24, 2.45) is 0 Å². The highest BCUT2D eigenvalue weighted by atomic mass is 19.1. The Kier molecular flexibility index (Phi) is 4.01. The van der Waals surface area contributed by atoms with E-state index in [1.165, 1.54) is 18.2 Å². The van der Waals surface area contributed by atoms with Gasteiger partial charge in [-0.15, -0.1) is 0 Å². The largest absolute Gasteiger partial charge is 0.497 e. The fourth-order valence-corrected chi connectivity index (χ4v) is 2.98. The number of benzene rings is 3. The van der Waals surface area contributed by atoms with E-state index in [2.05, 4.69) is 0 Å². The molecule has 0 aliphatic carbocycles. The number of ether oxygens (including phenoxy) is 1. The summed E-state index contributed by atoms with van der Waals surface area (Å²) in [4.78, 5) is 13.1. The van der Waals surface area contributed by atoms with Gasteiger partial charge in [0.1, 0.15) is 22.9 Å². The van der Waals surface area contributed by atoms with Gasteiger partial charge in [0.15, 0.2) is 0 Å². The molecule has 0 spiro atoms. The molecular formula is C22H15FO3. The van der Waals surface area contributed by atoms with Gasteiger partial charge in [0, 0.05) is 5.56 Å². The lowest BCUT2D eigenvalue weighted by Crippen LogP contribution is -2.07. The molecule has 4 heteroatoms. The van der Waals surface area contributed by atoms with E-state index < -0.39 is 5.82 Å². The summed E-state index contributed by atoms with van der Waals surface area (Å²) in [5.41, 5.74) is 1.96. The third-order valence-electron chi connectivity index (χ3n) is 4.27. The van der Waals surface area contributed by atoms with Crippen molar-refractivity contribution < 1.29 is 13.5 Å². The molecule has 0 saturated heterocycles. The van der Waals surface area contributed by atoms with E-state index in [-0.39, 0.29) is 10.8 Å². The summed E-state index contributed by atoms with van der Waals surface area (Å²) < 4.78 is 24.9. The summed E-state index contributed by atoms with van der Waals surface area (Å²) in [6.07, 6.45) is 0. The molecule has 26 heavy (non-hydrogen) atoms. The number of hydrogen-bond donors (Lipinski definition) is 0. The Morgan fingerprint density at radius 3 is 2.31 bits per heavy atom. The van der Waals surface area contributed by atoms with E-state index in [9.17, 15) is 9.18 Å². The molecule has 0 saturated carbocycles. The van der Waals surface area contributed by atoms with Crippen LogP contribution in [-0.4, -0.2) is 7.11 Å². The highest BCUT2D eigenvalue weighted by Crippen LogP contribution is 2.33. The van der Waals surface area contributed by atoms with Gasteiger partial charge in [0.25, 0.3) is 0 Å². The minimum atomic E-state index is -0.471. The van der Waals surface area contributed by atoms with Crippen LogP contribution in [0, 0.1) is 5.82 Å². The fraction of sp³-hybridized carbons (Fsp3) is 0.0455. The molecule has 0 bridgehead atoms. The van der Waals surface area contributed by atoms with Gasteiger partial charge in [-0.1, -0.05) is 30.3 Å². The smallest absolute Gasteiger partial charge is 0.201 e. The van der Waals surface area contributed by atoms with Crippen LogP contribution in [0.3, 0.4) is 0 Å². The van der Waals surface area contributed by atoms with E-state index in [1.807, 2.05) is 42.5 Å². The summed E-state index contributed by atoms with van der Waals surface area (Å²) in [5, 5.41) is 0.223. The Bertz CT molecular complexity index is 1130. The second kappa shape index (κ2) is 6.48. The Morgan fingerprint density at radius 2 is 1.62 bits per heavy atom. The zero-order valence-corrected chi connectivity index (χ0v) is 14.0. The molecule has 4 aromatic rings. The van der Waals surface area contributed by atoms with Crippen LogP contribution in [0.2, 0.25) is 0 Å². The predicted octanol–water partition coefficient (Wildman–Crippen LogP) is 5.27. The quantitative estimate of drug-likeness (QED) is 0.507. The van der Waals surface area contributed by atoms with Crippen molar-refractivity contribution in [1.82, 2.24) is 0 Å². The summed E-state index contributed by atoms with van der Waals surface area (Å²) in [7, 11) is 1.59. The minimum Gasteiger partial charge on any atom is -0.497 e. The summed E-state index contributed by atoms with van der Waals surface area (Å²) in [6.45, 7) is 0. The Hall–Kier alpha value is -3.40. The molecule has 4 rings (SSSR count). The van der Waals surface area contributed by atoms with E-state index >= 15 is 0 Å². The van der Waals surface area contributed by atoms with Crippen molar-refractivity contribution in [3.63, 3.8) is 0 Å². The minimum absolute atomic E-state index is 0.223. The third-order valence-corrected chi connectivity index (χ3v) is 4.27. The molecule has 0 unspecified atom stereocenters. The molecule has 128 valence electrons. The van der Waals surface area contributed by atoms with Crippen LogP contribution in [0.15, 0.2) is 82.0 Å². The van der Waals surface area contributed by atoms with Crippen LogP contribution >= 0.6 is 0 Å². The van der Waals surface area contributed by atoms with Gasteiger partial charge in [-0.25, -0.2) is 4.39 Å². The zero-order valence-electron chi connectivity index (χ0n) is 14.0. The number of rotatable bonds is 3. The van der Waals surface area contributed by atoms with Crippen molar-refractivity contribution in [3.8, 4) is 28.2 Å². The van der Waals surface area contributed by atoms with Crippen molar-refractivity contribution in [2.45, 2.75) is 0 Å². The average Bonchev–Trinajstić information content (AvgIpc) is 2.69. The standard InChI is InChI=1S/C22H15FO3/c1-25-17-10-7-15(8-11-17)22-20(14-5-3-2-4-6-14)21(24)18-13-16(23)9-12-19(18)26-22/h2-13H,1H3. The first-order valence-corrected chi connectivity index (χ1v) is 8.13. The first kappa shape index (κ1) is 16.1. The van der Waals surface area contributed by atoms with Crippen LogP contribution < -0.4 is 10.2 Å². The van der Waals surface area contributed by atoms with Gasteiger partial charge >= 0.3 is 0 Å². The molecular weight excluding hydrogens is 331 g/mol. The van der Waals surface area contributed by atoms with Gasteiger partial charge in [-0.05, 0) is 48.0 Å². The molecule has 3 nitrogen and oxygen atoms in total. The molecule has 0 aliphatic heterocycles. The van der Waals surface area contributed by atoms with Gasteiger partial charge in [0.2, 0.25) is 5.43 Å². The molecule has 0 aliphatic rings. The summed E-state index contributed by atoms with van der Waals surface area (Å²) >= 11 is 0. The van der Waals surface area contributed by atoms with Crippen LogP contribution in [0.25, 0.3) is 33.4 Å². The Labute approximate surface area is 149 Å². The Balaban J connectivity index is 2.07. The van der Waals surface area contributed by atoms with Crippen molar-refractivity contribution in [2.75, 3.05) is 7.11 Å². The zero-order chi connectivity index (χ0) is 18.1. The van der Waals surface area contributed by atoms with Crippen LogP contribution in [0.4, 0.5) is 4.39 Å². The second-order valence-corrected chi connectivity index (χ2v) is 5.87. The van der Waals surface area contributed by atoms with Crippen molar-refractivity contribution in [1.29, 1.82) is 0 Å². The maximum atomic E-state index is 13.7. The molecule has 1 aromatic heterocycles. The lowest BCUT2D eigenvalue weighted by atomic mass is 9.98. The normalized spacial score (nSPS) is 10.8. The molecule has 0 radical (unpaired) electrons. The lowest BCUT2D eigenvalue weighted by molar-refractivity contribution is 0.415. The van der Waals surface area contributed by atoms with Gasteiger partial charge in [-0.3, -0.25) is 4.79 Å². The summed E-state index contributed by atoms with van der Waals surface area (Å²) in [6, 6.07) is 20.5. The van der Waals surface area contributed by atoms with E-state index in [0.29, 0.717) is 22.7 Å². The van der Waals surface area contributed by atoms with Crippen molar-refractivity contribution >= 4 is 11.0 Å². The molecule has 0 amide bonds. The molecule has 3 aromatic carbocycles. The van der Waals surface area contributed by atoms with Crippen LogP contribution in [0.5, 0.6) is 5.75 Å². The molecule has 0 atom stereocenters. The monoisotopic (exact) mass is 346 g/mol. The maximum absolute atomic E-state index is 13.7. The topological polar surface area (TPSA) is 39.4 Å². The second-order valence-electron chi connectivity index (χ2n) is 5.87. The van der Waals surface area contributed by atoms with E-state index in [4.69, 9.17) is 9.15 Å². The molecule has 0 N–H and O–H groups in total. The number of methoxy groups -OCH3 is 1. The maximum Gasteiger partial charge on any atom is 0.201 e. The van der Waals surface area contributed by atoms with Gasteiger partial charge < -0.3 is 9.15 Å². The Morgan fingerprint density at radius 1 is 0.885 bits per heavy atom. The average molecular weight is 346 g/mol. The third kappa shape index (κ3) is 2.75. The number of hydrogen-bond acceptors (Lipinski definition) is 3. The number of fused-ring (bicyclic) bond motifs is 1. The van der Waals surface area contributed by atoms with Gasteiger partial charge in [-0.2, -0.15) is 0 Å². The highest BCUT2D eigenvalue weighted by molar-refractivity contribution is 5.89. The molecule has 0 fully saturated rings. The van der Waals surface area contributed by atoms with E-state index in [0.717, 1.165) is 11.1 Å². The summed E-state index contributed by atoms with van der Waals surface area (Å²) in [5.74, 6) is 0.684. The van der Waals surface area contributed by atoms with Crippen LogP contribution in [-0.2, 0) is 0 Å². The predicted molar refractivity (Wildman–Crippen MR) is 99.9 cm³/mol. The fourth-order valence-electron chi connectivity index (χ4n) is 2.98. The van der Waals surface area contributed by atoms with Crippen molar-refractivity contribution in [3.05, 3.63) is 88.8 Å². The molecule has 1 heterocycles. The first-order chi connectivity index (χ1) is 12.7. The first-order valence-electron chi connectivity index (χ1n) is 8.13. The SMILES string of the molecule is COc1ccc(-c2oc3ccc(F)cc3c(=O)c2-c2ccccc2)cc1.